The second-order valence-electron chi connectivity index (χ2n) is 4.03. The van der Waals surface area contributed by atoms with Gasteiger partial charge < -0.3 is 9.88 Å². The molecule has 0 saturated carbocycles. The lowest BCUT2D eigenvalue weighted by Gasteiger charge is -1.99. The molecule has 0 aliphatic carbocycles. The molecule has 0 spiro atoms. The zero-order valence-corrected chi connectivity index (χ0v) is 11.3. The van der Waals surface area contributed by atoms with Gasteiger partial charge in [-0.2, -0.15) is 0 Å². The van der Waals surface area contributed by atoms with Gasteiger partial charge in [-0.25, -0.2) is 0 Å². The summed E-state index contributed by atoms with van der Waals surface area (Å²) in [5.41, 5.74) is 0.551. The summed E-state index contributed by atoms with van der Waals surface area (Å²) >= 11 is 1.41. The van der Waals surface area contributed by atoms with E-state index in [1.165, 1.54) is 11.3 Å². The Hall–Kier alpha value is -1.69. The minimum Gasteiger partial charge on any atom is -0.360 e. The maximum Gasteiger partial charge on any atom is 0.260 e. The predicted molar refractivity (Wildman–Crippen MR) is 74.0 cm³/mol. The first-order chi connectivity index (χ1) is 8.72. The molecular formula is C12H16N4OS. The van der Waals surface area contributed by atoms with Crippen LogP contribution in [0.5, 0.6) is 0 Å². The molecule has 2 heterocycles. The van der Waals surface area contributed by atoms with Crippen LogP contribution in [0.25, 0.3) is 10.6 Å². The van der Waals surface area contributed by atoms with Crippen molar-refractivity contribution in [1.29, 1.82) is 0 Å². The predicted octanol–water partition coefficient (Wildman–Crippen LogP) is 2.12. The molecule has 2 aromatic rings. The number of rotatable bonds is 5. The van der Waals surface area contributed by atoms with Crippen LogP contribution < -0.4 is 10.9 Å². The molecule has 0 aliphatic rings. The van der Waals surface area contributed by atoms with Gasteiger partial charge in [0.1, 0.15) is 0 Å². The van der Waals surface area contributed by atoms with Gasteiger partial charge in [0, 0.05) is 19.8 Å². The Morgan fingerprint density at radius 3 is 3.06 bits per heavy atom. The first-order valence-electron chi connectivity index (χ1n) is 5.95. The van der Waals surface area contributed by atoms with Crippen molar-refractivity contribution in [3.05, 3.63) is 28.7 Å². The number of aromatic nitrogens is 3. The Bertz CT molecular complexity index is 575. The summed E-state index contributed by atoms with van der Waals surface area (Å²) in [4.78, 5) is 11.9. The van der Waals surface area contributed by atoms with Gasteiger partial charge in [0.2, 0.25) is 5.13 Å². The van der Waals surface area contributed by atoms with E-state index >= 15 is 0 Å². The molecule has 0 aliphatic heterocycles. The number of anilines is 1. The maximum atomic E-state index is 11.9. The third-order valence-corrected chi connectivity index (χ3v) is 3.50. The van der Waals surface area contributed by atoms with Crippen molar-refractivity contribution in [3.8, 4) is 10.6 Å². The van der Waals surface area contributed by atoms with E-state index in [1.807, 2.05) is 6.07 Å². The summed E-state index contributed by atoms with van der Waals surface area (Å²) in [6.45, 7) is 3.03. The van der Waals surface area contributed by atoms with Crippen LogP contribution in [-0.4, -0.2) is 21.3 Å². The van der Waals surface area contributed by atoms with Crippen molar-refractivity contribution >= 4 is 16.5 Å². The van der Waals surface area contributed by atoms with Crippen LogP contribution in [0.1, 0.15) is 19.8 Å². The molecule has 0 radical (unpaired) electrons. The van der Waals surface area contributed by atoms with Crippen LogP contribution in [0.2, 0.25) is 0 Å². The standard InChI is InChI=1S/C12H16N4OS/c1-3-4-7-13-12-15-14-10(18-12)9-6-5-8-16(2)11(9)17/h5-6,8H,3-4,7H2,1-2H3,(H,13,15). The molecule has 0 amide bonds. The van der Waals surface area contributed by atoms with Crippen LogP contribution in [-0.2, 0) is 7.05 Å². The fraction of sp³-hybridized carbons (Fsp3) is 0.417. The van der Waals surface area contributed by atoms with E-state index in [2.05, 4.69) is 22.4 Å². The summed E-state index contributed by atoms with van der Waals surface area (Å²) in [7, 11) is 1.73. The molecule has 0 unspecified atom stereocenters. The van der Waals surface area contributed by atoms with Gasteiger partial charge in [-0.3, -0.25) is 4.79 Å². The molecule has 0 bridgehead atoms. The van der Waals surface area contributed by atoms with Gasteiger partial charge in [0.05, 0.1) is 5.56 Å². The maximum absolute atomic E-state index is 11.9. The number of nitrogens with one attached hydrogen (secondary N) is 1. The molecular weight excluding hydrogens is 248 g/mol. The fourth-order valence-electron chi connectivity index (χ4n) is 1.54. The van der Waals surface area contributed by atoms with E-state index in [0.29, 0.717) is 10.6 Å². The average molecular weight is 264 g/mol. The van der Waals surface area contributed by atoms with E-state index in [0.717, 1.165) is 24.5 Å². The lowest BCUT2D eigenvalue weighted by Crippen LogP contribution is -2.17. The second kappa shape index (κ2) is 5.77. The molecule has 2 aromatic heterocycles. The van der Waals surface area contributed by atoms with Gasteiger partial charge >= 0.3 is 0 Å². The highest BCUT2D eigenvalue weighted by atomic mass is 32.1. The molecule has 1 N–H and O–H groups in total. The van der Waals surface area contributed by atoms with Crippen LogP contribution in [0.4, 0.5) is 5.13 Å². The Kier molecular flexibility index (Phi) is 4.09. The van der Waals surface area contributed by atoms with Crippen molar-refractivity contribution in [1.82, 2.24) is 14.8 Å². The Balaban J connectivity index is 2.19. The summed E-state index contributed by atoms with van der Waals surface area (Å²) in [6.07, 6.45) is 3.97. The molecule has 6 heteroatoms. The van der Waals surface area contributed by atoms with Crippen molar-refractivity contribution in [2.45, 2.75) is 19.8 Å². The molecule has 0 atom stereocenters. The topological polar surface area (TPSA) is 59.8 Å². The largest absolute Gasteiger partial charge is 0.360 e. The third kappa shape index (κ3) is 2.76. The van der Waals surface area contributed by atoms with Gasteiger partial charge in [-0.05, 0) is 18.6 Å². The molecule has 0 aromatic carbocycles. The first kappa shape index (κ1) is 12.8. The summed E-state index contributed by atoms with van der Waals surface area (Å²) in [6, 6.07) is 3.61. The Morgan fingerprint density at radius 1 is 1.44 bits per heavy atom. The van der Waals surface area contributed by atoms with E-state index < -0.39 is 0 Å². The van der Waals surface area contributed by atoms with E-state index in [-0.39, 0.29) is 5.56 Å². The lowest BCUT2D eigenvalue weighted by atomic mass is 10.3. The second-order valence-corrected chi connectivity index (χ2v) is 5.01. The monoisotopic (exact) mass is 264 g/mol. The number of unbranched alkanes of at least 4 members (excludes halogenated alkanes) is 1. The molecule has 18 heavy (non-hydrogen) atoms. The van der Waals surface area contributed by atoms with E-state index in [4.69, 9.17) is 0 Å². The number of pyridine rings is 1. The van der Waals surface area contributed by atoms with Crippen LogP contribution in [0.15, 0.2) is 23.1 Å². The number of aryl methyl sites for hydroxylation is 1. The summed E-state index contributed by atoms with van der Waals surface area (Å²) in [5, 5.41) is 12.7. The summed E-state index contributed by atoms with van der Waals surface area (Å²) < 4.78 is 1.54. The zero-order valence-electron chi connectivity index (χ0n) is 10.5. The smallest absolute Gasteiger partial charge is 0.260 e. The Morgan fingerprint density at radius 2 is 2.28 bits per heavy atom. The summed E-state index contributed by atoms with van der Waals surface area (Å²) in [5.74, 6) is 0. The molecule has 0 saturated heterocycles. The normalized spacial score (nSPS) is 10.6. The highest BCUT2D eigenvalue weighted by molar-refractivity contribution is 7.18. The SMILES string of the molecule is CCCCNc1nnc(-c2cccn(C)c2=O)s1. The first-order valence-corrected chi connectivity index (χ1v) is 6.77. The van der Waals surface area contributed by atoms with Gasteiger partial charge in [0.15, 0.2) is 5.01 Å². The van der Waals surface area contributed by atoms with E-state index in [1.54, 1.807) is 23.9 Å². The van der Waals surface area contributed by atoms with Crippen LogP contribution in [0, 0.1) is 0 Å². The number of nitrogens with zero attached hydrogens (tertiary/aromatic N) is 3. The number of hydrogen-bond donors (Lipinski definition) is 1. The van der Waals surface area contributed by atoms with Crippen molar-refractivity contribution in [2.75, 3.05) is 11.9 Å². The minimum atomic E-state index is -0.0474. The minimum absolute atomic E-state index is 0.0474. The van der Waals surface area contributed by atoms with Crippen LogP contribution >= 0.6 is 11.3 Å². The fourth-order valence-corrected chi connectivity index (χ4v) is 2.32. The van der Waals surface area contributed by atoms with Gasteiger partial charge in [-0.15, -0.1) is 10.2 Å². The van der Waals surface area contributed by atoms with E-state index in [9.17, 15) is 4.79 Å². The highest BCUT2D eigenvalue weighted by Gasteiger charge is 2.10. The quantitative estimate of drug-likeness (QED) is 0.840. The van der Waals surface area contributed by atoms with Gasteiger partial charge in [0.25, 0.3) is 5.56 Å². The van der Waals surface area contributed by atoms with Crippen molar-refractivity contribution < 1.29 is 0 Å². The number of hydrogen-bond acceptors (Lipinski definition) is 5. The van der Waals surface area contributed by atoms with Gasteiger partial charge in [-0.1, -0.05) is 24.7 Å². The third-order valence-electron chi connectivity index (χ3n) is 2.59. The zero-order chi connectivity index (χ0) is 13.0. The van der Waals surface area contributed by atoms with Crippen molar-refractivity contribution in [2.24, 2.45) is 7.05 Å². The molecule has 2 rings (SSSR count). The molecule has 96 valence electrons. The highest BCUT2D eigenvalue weighted by Crippen LogP contribution is 2.23. The Labute approximate surface area is 110 Å². The van der Waals surface area contributed by atoms with Crippen LogP contribution in [0.3, 0.4) is 0 Å². The molecule has 5 nitrogen and oxygen atoms in total. The average Bonchev–Trinajstić information content (AvgIpc) is 2.82. The lowest BCUT2D eigenvalue weighted by molar-refractivity contribution is 0.831. The molecule has 0 fully saturated rings. The van der Waals surface area contributed by atoms with Crippen molar-refractivity contribution in [3.63, 3.8) is 0 Å².